The summed E-state index contributed by atoms with van der Waals surface area (Å²) < 4.78 is 0. The Morgan fingerprint density at radius 2 is 1.71 bits per heavy atom. The van der Waals surface area contributed by atoms with Gasteiger partial charge in [-0.1, -0.05) is 34.8 Å². The van der Waals surface area contributed by atoms with Gasteiger partial charge in [0.05, 0.1) is 15.1 Å². The highest BCUT2D eigenvalue weighted by atomic mass is 35.5. The van der Waals surface area contributed by atoms with Crippen LogP contribution in [0.25, 0.3) is 0 Å². The molecule has 1 nitrogen and oxygen atoms in total. The number of carbonyl (C=O) groups excluding carboxylic acids is 1. The highest BCUT2D eigenvalue weighted by Gasteiger charge is 2.05. The lowest BCUT2D eigenvalue weighted by Gasteiger charge is -2.04. The monoisotopic (exact) mass is 250 g/mol. The third-order valence-electron chi connectivity index (χ3n) is 1.83. The van der Waals surface area contributed by atoms with Gasteiger partial charge in [-0.05, 0) is 30.5 Å². The summed E-state index contributed by atoms with van der Waals surface area (Å²) in [5.74, 6) is 0. The van der Waals surface area contributed by atoms with Gasteiger partial charge in [-0.3, -0.25) is 0 Å². The molecule has 0 unspecified atom stereocenters. The van der Waals surface area contributed by atoms with E-state index in [9.17, 15) is 4.79 Å². The summed E-state index contributed by atoms with van der Waals surface area (Å²) >= 11 is 17.5. The van der Waals surface area contributed by atoms with Crippen molar-refractivity contribution in [2.75, 3.05) is 0 Å². The molecule has 0 aliphatic carbocycles. The maximum Gasteiger partial charge on any atom is 0.120 e. The van der Waals surface area contributed by atoms with Gasteiger partial charge >= 0.3 is 0 Å². The fourth-order valence-corrected chi connectivity index (χ4v) is 1.78. The first-order valence-electron chi connectivity index (χ1n) is 4.22. The fraction of sp³-hybridized carbons (Fsp3) is 0.300. The van der Waals surface area contributed by atoms with Crippen molar-refractivity contribution in [3.63, 3.8) is 0 Å². The molecule has 0 atom stereocenters. The van der Waals surface area contributed by atoms with Crippen molar-refractivity contribution in [2.45, 2.75) is 19.3 Å². The molecular weight excluding hydrogens is 242 g/mol. The molecule has 0 spiro atoms. The van der Waals surface area contributed by atoms with Crippen LogP contribution in [0.4, 0.5) is 0 Å². The Bertz CT molecular complexity index is 313. The van der Waals surface area contributed by atoms with E-state index in [0.717, 1.165) is 24.7 Å². The van der Waals surface area contributed by atoms with Crippen LogP contribution in [-0.4, -0.2) is 6.29 Å². The maximum absolute atomic E-state index is 10.1. The number of unbranched alkanes of at least 4 members (excludes halogenated alkanes) is 1. The first kappa shape index (κ1) is 11.8. The number of benzene rings is 1. The highest BCUT2D eigenvalue weighted by Crippen LogP contribution is 2.31. The minimum atomic E-state index is 0.382. The Morgan fingerprint density at radius 1 is 1.14 bits per heavy atom. The lowest BCUT2D eigenvalue weighted by atomic mass is 10.1. The van der Waals surface area contributed by atoms with Crippen LogP contribution >= 0.6 is 34.8 Å². The molecule has 1 aromatic carbocycles. The van der Waals surface area contributed by atoms with Gasteiger partial charge in [0.25, 0.3) is 0 Å². The lowest BCUT2D eigenvalue weighted by molar-refractivity contribution is -0.107. The smallest absolute Gasteiger partial charge is 0.120 e. The van der Waals surface area contributed by atoms with Crippen LogP contribution in [0.1, 0.15) is 18.4 Å². The Labute approximate surface area is 98.0 Å². The van der Waals surface area contributed by atoms with E-state index in [1.165, 1.54) is 0 Å². The molecule has 0 bridgehead atoms. The number of carbonyl (C=O) groups is 1. The van der Waals surface area contributed by atoms with Crippen LogP contribution in [0.3, 0.4) is 0 Å². The molecule has 0 saturated heterocycles. The van der Waals surface area contributed by atoms with Crippen LogP contribution < -0.4 is 0 Å². The molecule has 0 saturated carbocycles. The zero-order valence-electron chi connectivity index (χ0n) is 7.40. The Morgan fingerprint density at radius 3 is 2.21 bits per heavy atom. The van der Waals surface area contributed by atoms with Gasteiger partial charge in [0.1, 0.15) is 6.29 Å². The SMILES string of the molecule is O=CCCCc1cc(Cl)c(Cl)c(Cl)c1. The van der Waals surface area contributed by atoms with E-state index in [-0.39, 0.29) is 0 Å². The predicted molar refractivity (Wildman–Crippen MR) is 60.5 cm³/mol. The quantitative estimate of drug-likeness (QED) is 0.446. The third kappa shape index (κ3) is 3.16. The van der Waals surface area contributed by atoms with E-state index in [1.807, 2.05) is 0 Å². The highest BCUT2D eigenvalue weighted by molar-refractivity contribution is 6.48. The summed E-state index contributed by atoms with van der Waals surface area (Å²) in [7, 11) is 0. The minimum Gasteiger partial charge on any atom is -0.303 e. The zero-order valence-corrected chi connectivity index (χ0v) is 9.66. The predicted octanol–water partition coefficient (Wildman–Crippen LogP) is 4.17. The van der Waals surface area contributed by atoms with Crippen molar-refractivity contribution in [1.29, 1.82) is 0 Å². The molecular formula is C10H9Cl3O. The second-order valence-corrected chi connectivity index (χ2v) is 4.12. The average Bonchev–Trinajstić information content (AvgIpc) is 2.14. The number of hydrogen-bond donors (Lipinski definition) is 0. The molecule has 0 aromatic heterocycles. The Kier molecular flexibility index (Phi) is 4.73. The van der Waals surface area contributed by atoms with Crippen LogP contribution in [0, 0.1) is 0 Å². The molecule has 0 fully saturated rings. The first-order valence-corrected chi connectivity index (χ1v) is 5.35. The van der Waals surface area contributed by atoms with Gasteiger partial charge in [0.15, 0.2) is 0 Å². The van der Waals surface area contributed by atoms with Gasteiger partial charge in [-0.2, -0.15) is 0 Å². The number of aldehydes is 1. The molecule has 0 N–H and O–H groups in total. The second-order valence-electron chi connectivity index (χ2n) is 2.93. The Balaban J connectivity index is 2.74. The molecule has 0 heterocycles. The largest absolute Gasteiger partial charge is 0.303 e. The molecule has 76 valence electrons. The van der Waals surface area contributed by atoms with Crippen molar-refractivity contribution >= 4 is 41.1 Å². The van der Waals surface area contributed by atoms with E-state index < -0.39 is 0 Å². The van der Waals surface area contributed by atoms with Crippen LogP contribution in [0.2, 0.25) is 15.1 Å². The van der Waals surface area contributed by atoms with Crippen molar-refractivity contribution in [3.8, 4) is 0 Å². The van der Waals surface area contributed by atoms with Gasteiger partial charge in [0, 0.05) is 6.42 Å². The molecule has 1 rings (SSSR count). The van der Waals surface area contributed by atoms with E-state index in [2.05, 4.69) is 0 Å². The van der Waals surface area contributed by atoms with Crippen LogP contribution in [0.15, 0.2) is 12.1 Å². The standard InChI is InChI=1S/C10H9Cl3O/c11-8-5-7(3-1-2-4-14)6-9(12)10(8)13/h4-6H,1-3H2. The minimum absolute atomic E-state index is 0.382. The summed E-state index contributed by atoms with van der Waals surface area (Å²) in [5.41, 5.74) is 1.01. The van der Waals surface area contributed by atoms with Crippen molar-refractivity contribution < 1.29 is 4.79 Å². The summed E-state index contributed by atoms with van der Waals surface area (Å²) in [4.78, 5) is 10.1. The first-order chi connectivity index (χ1) is 6.65. The van der Waals surface area contributed by atoms with E-state index in [1.54, 1.807) is 12.1 Å². The van der Waals surface area contributed by atoms with E-state index in [0.29, 0.717) is 21.5 Å². The van der Waals surface area contributed by atoms with Crippen LogP contribution in [-0.2, 0) is 11.2 Å². The lowest BCUT2D eigenvalue weighted by Crippen LogP contribution is -1.87. The third-order valence-corrected chi connectivity index (χ3v) is 3.03. The normalized spacial score (nSPS) is 10.2. The maximum atomic E-state index is 10.1. The molecule has 0 aliphatic rings. The van der Waals surface area contributed by atoms with Crippen molar-refractivity contribution in [3.05, 3.63) is 32.8 Å². The number of aryl methyl sites for hydroxylation is 1. The topological polar surface area (TPSA) is 17.1 Å². The molecule has 0 amide bonds. The van der Waals surface area contributed by atoms with Crippen molar-refractivity contribution in [2.24, 2.45) is 0 Å². The van der Waals surface area contributed by atoms with E-state index >= 15 is 0 Å². The van der Waals surface area contributed by atoms with Crippen LogP contribution in [0.5, 0.6) is 0 Å². The van der Waals surface area contributed by atoms with Gasteiger partial charge in [0.2, 0.25) is 0 Å². The van der Waals surface area contributed by atoms with Gasteiger partial charge in [-0.25, -0.2) is 0 Å². The summed E-state index contributed by atoms with van der Waals surface area (Å²) in [6, 6.07) is 3.56. The van der Waals surface area contributed by atoms with E-state index in [4.69, 9.17) is 34.8 Å². The number of rotatable bonds is 4. The molecule has 14 heavy (non-hydrogen) atoms. The molecule has 4 heteroatoms. The second kappa shape index (κ2) is 5.59. The number of hydrogen-bond acceptors (Lipinski definition) is 1. The summed E-state index contributed by atoms with van der Waals surface area (Å²) in [5, 5.41) is 1.30. The Hall–Kier alpha value is -0.240. The molecule has 0 radical (unpaired) electrons. The molecule has 1 aromatic rings. The van der Waals surface area contributed by atoms with Gasteiger partial charge < -0.3 is 4.79 Å². The van der Waals surface area contributed by atoms with Gasteiger partial charge in [-0.15, -0.1) is 0 Å². The zero-order chi connectivity index (χ0) is 10.6. The fourth-order valence-electron chi connectivity index (χ4n) is 1.14. The van der Waals surface area contributed by atoms with Crippen molar-refractivity contribution in [1.82, 2.24) is 0 Å². The summed E-state index contributed by atoms with van der Waals surface area (Å²) in [6.07, 6.45) is 3.05. The average molecular weight is 252 g/mol. The molecule has 0 aliphatic heterocycles. The summed E-state index contributed by atoms with van der Waals surface area (Å²) in [6.45, 7) is 0. The number of halogens is 3.